The number of allylic oxidation sites excluding steroid dienone is 2. The molecule has 0 radical (unpaired) electrons. The fourth-order valence-electron chi connectivity index (χ4n) is 7.54. The number of esters is 1. The highest BCUT2D eigenvalue weighted by atomic mass is 16.6. The van der Waals surface area contributed by atoms with E-state index in [4.69, 9.17) is 11.2 Å². The van der Waals surface area contributed by atoms with Crippen LogP contribution in [-0.4, -0.2) is 11.6 Å². The number of carbonyl (C=O) groups is 1. The van der Waals surface area contributed by atoms with Crippen LogP contribution in [0.3, 0.4) is 0 Å². The Morgan fingerprint density at radius 2 is 1.92 bits per heavy atom. The number of ether oxygens (including phenoxy) is 1. The lowest BCUT2D eigenvalue weighted by molar-refractivity contribution is -0.174. The fraction of sp³-hybridized carbons (Fsp3) is 0.792. The van der Waals surface area contributed by atoms with Gasteiger partial charge in [0.2, 0.25) is 0 Å². The minimum Gasteiger partial charge on any atom is -0.445 e. The molecule has 4 aliphatic rings. The summed E-state index contributed by atoms with van der Waals surface area (Å²) >= 11 is 0. The van der Waals surface area contributed by atoms with Crippen LogP contribution in [0.2, 0.25) is 0 Å². The maximum atomic E-state index is 12.1. The van der Waals surface area contributed by atoms with E-state index in [9.17, 15) is 4.79 Å². The van der Waals surface area contributed by atoms with E-state index in [1.165, 1.54) is 32.1 Å². The first-order valence-electron chi connectivity index (χ1n) is 10.7. The van der Waals surface area contributed by atoms with Crippen molar-refractivity contribution in [3.05, 3.63) is 12.2 Å². The van der Waals surface area contributed by atoms with E-state index in [-0.39, 0.29) is 11.4 Å². The molecule has 0 aromatic heterocycles. The number of hydrogen-bond donors (Lipinski definition) is 0. The minimum absolute atomic E-state index is 0.0541. The van der Waals surface area contributed by atoms with Crippen molar-refractivity contribution >= 4 is 5.97 Å². The summed E-state index contributed by atoms with van der Waals surface area (Å²) in [7, 11) is 0. The molecule has 0 bridgehead atoms. The predicted octanol–water partition coefficient (Wildman–Crippen LogP) is 5.52. The SMILES string of the molecule is C#C[C@]1(OC(=O)CC)CC[C@H]2[C@@H]3CC[C@H]4CC=CC[C@]4(C)[C@H]3CC[C@@]21C. The van der Waals surface area contributed by atoms with Gasteiger partial charge in [-0.25, -0.2) is 0 Å². The van der Waals surface area contributed by atoms with Crippen molar-refractivity contribution in [1.29, 1.82) is 0 Å². The lowest BCUT2D eigenvalue weighted by Crippen LogP contribution is -2.56. The van der Waals surface area contributed by atoms with Gasteiger partial charge >= 0.3 is 5.97 Å². The van der Waals surface area contributed by atoms with Crippen LogP contribution in [0.15, 0.2) is 12.2 Å². The summed E-state index contributed by atoms with van der Waals surface area (Å²) in [6.07, 6.45) is 20.8. The Balaban J connectivity index is 1.65. The number of terminal acetylenes is 1. The lowest BCUT2D eigenvalue weighted by Gasteiger charge is -2.60. The fourth-order valence-corrected chi connectivity index (χ4v) is 7.54. The van der Waals surface area contributed by atoms with E-state index in [1.807, 2.05) is 6.92 Å². The van der Waals surface area contributed by atoms with Gasteiger partial charge in [-0.3, -0.25) is 4.79 Å². The molecule has 4 rings (SSSR count). The highest BCUT2D eigenvalue weighted by molar-refractivity contribution is 5.70. The summed E-state index contributed by atoms with van der Waals surface area (Å²) in [5.41, 5.74) is -0.276. The first-order chi connectivity index (χ1) is 12.4. The third kappa shape index (κ3) is 2.28. The van der Waals surface area contributed by atoms with E-state index in [0.29, 0.717) is 17.8 Å². The summed E-state index contributed by atoms with van der Waals surface area (Å²) in [5.74, 6) is 5.86. The molecule has 0 N–H and O–H groups in total. The van der Waals surface area contributed by atoms with Crippen molar-refractivity contribution in [2.45, 2.75) is 84.2 Å². The van der Waals surface area contributed by atoms with Crippen LogP contribution in [-0.2, 0) is 9.53 Å². The summed E-state index contributed by atoms with van der Waals surface area (Å²) < 4.78 is 6.00. The van der Waals surface area contributed by atoms with Crippen LogP contribution >= 0.6 is 0 Å². The average molecular weight is 355 g/mol. The zero-order valence-corrected chi connectivity index (χ0v) is 16.7. The van der Waals surface area contributed by atoms with Crippen LogP contribution < -0.4 is 0 Å². The molecule has 0 heterocycles. The van der Waals surface area contributed by atoms with Gasteiger partial charge in [-0.05, 0) is 80.5 Å². The van der Waals surface area contributed by atoms with Crippen LogP contribution in [0.25, 0.3) is 0 Å². The molecule has 142 valence electrons. The molecule has 0 aliphatic heterocycles. The Labute approximate surface area is 159 Å². The normalized spacial score (nSPS) is 49.5. The van der Waals surface area contributed by atoms with Crippen LogP contribution in [0.5, 0.6) is 0 Å². The predicted molar refractivity (Wildman–Crippen MR) is 104 cm³/mol. The molecule has 7 atom stereocenters. The molecule has 26 heavy (non-hydrogen) atoms. The third-order valence-corrected chi connectivity index (χ3v) is 9.14. The van der Waals surface area contributed by atoms with Gasteiger partial charge in [0.1, 0.15) is 0 Å². The molecule has 0 spiro atoms. The Kier molecular flexibility index (Phi) is 4.29. The molecule has 2 heteroatoms. The van der Waals surface area contributed by atoms with E-state index < -0.39 is 5.60 Å². The summed E-state index contributed by atoms with van der Waals surface area (Å²) in [6.45, 7) is 6.75. The average Bonchev–Trinajstić information content (AvgIpc) is 2.94. The van der Waals surface area contributed by atoms with E-state index in [1.54, 1.807) is 0 Å². The molecule has 3 saturated carbocycles. The van der Waals surface area contributed by atoms with Crippen molar-refractivity contribution in [1.82, 2.24) is 0 Å². The molecular formula is C24H34O2. The Bertz CT molecular complexity index is 658. The van der Waals surface area contributed by atoms with Gasteiger partial charge < -0.3 is 4.74 Å². The van der Waals surface area contributed by atoms with Crippen LogP contribution in [0.4, 0.5) is 0 Å². The number of carbonyl (C=O) groups excluding carboxylic acids is 1. The minimum atomic E-state index is -0.681. The van der Waals surface area contributed by atoms with Gasteiger partial charge in [-0.2, -0.15) is 0 Å². The topological polar surface area (TPSA) is 26.3 Å². The number of rotatable bonds is 2. The maximum absolute atomic E-state index is 12.1. The standard InChI is InChI=1S/C24H34O2/c1-5-21(25)26-24(6-2)16-13-20-18-11-10-17-9-7-8-14-22(17,3)19(18)12-15-23(20,24)4/h2,7-8,17-20H,5,9-16H2,1,3-4H3/t17-,18-,19+,20+,22+,23+,24+/m1/s1. The zero-order valence-electron chi connectivity index (χ0n) is 16.7. The van der Waals surface area contributed by atoms with Crippen molar-refractivity contribution in [3.8, 4) is 12.3 Å². The lowest BCUT2D eigenvalue weighted by atomic mass is 9.45. The van der Waals surface area contributed by atoms with E-state index in [0.717, 1.165) is 37.0 Å². The number of fused-ring (bicyclic) bond motifs is 5. The summed E-state index contributed by atoms with van der Waals surface area (Å²) in [4.78, 5) is 12.1. The maximum Gasteiger partial charge on any atom is 0.307 e. The van der Waals surface area contributed by atoms with Gasteiger partial charge in [0.05, 0.1) is 0 Å². The van der Waals surface area contributed by atoms with Gasteiger partial charge in [-0.15, -0.1) is 6.42 Å². The third-order valence-electron chi connectivity index (χ3n) is 9.14. The quantitative estimate of drug-likeness (QED) is 0.371. The summed E-state index contributed by atoms with van der Waals surface area (Å²) in [6, 6.07) is 0. The smallest absolute Gasteiger partial charge is 0.307 e. The highest BCUT2D eigenvalue weighted by Gasteiger charge is 2.65. The number of hydrogen-bond acceptors (Lipinski definition) is 2. The first-order valence-corrected chi connectivity index (χ1v) is 10.7. The molecule has 0 aromatic carbocycles. The van der Waals surface area contributed by atoms with Crippen molar-refractivity contribution in [3.63, 3.8) is 0 Å². The second-order valence-corrected chi connectivity index (χ2v) is 9.86. The Morgan fingerprint density at radius 1 is 1.15 bits per heavy atom. The van der Waals surface area contributed by atoms with Gasteiger partial charge in [0, 0.05) is 11.8 Å². The van der Waals surface area contributed by atoms with Crippen molar-refractivity contribution in [2.24, 2.45) is 34.5 Å². The zero-order chi connectivity index (χ0) is 18.6. The monoisotopic (exact) mass is 354 g/mol. The second-order valence-electron chi connectivity index (χ2n) is 9.86. The van der Waals surface area contributed by atoms with Crippen molar-refractivity contribution in [2.75, 3.05) is 0 Å². The first kappa shape index (κ1) is 18.1. The Morgan fingerprint density at radius 3 is 2.65 bits per heavy atom. The largest absolute Gasteiger partial charge is 0.445 e. The molecule has 4 aliphatic carbocycles. The van der Waals surface area contributed by atoms with Crippen LogP contribution in [0, 0.1) is 46.8 Å². The van der Waals surface area contributed by atoms with Crippen molar-refractivity contribution < 1.29 is 9.53 Å². The molecule has 2 nitrogen and oxygen atoms in total. The molecule has 0 aromatic rings. The summed E-state index contributed by atoms with van der Waals surface area (Å²) in [5, 5.41) is 0. The molecular weight excluding hydrogens is 320 g/mol. The molecule has 0 amide bonds. The van der Waals surface area contributed by atoms with E-state index >= 15 is 0 Å². The second kappa shape index (κ2) is 6.15. The van der Waals surface area contributed by atoms with Gasteiger partial charge in [0.15, 0.2) is 5.60 Å². The molecule has 0 saturated heterocycles. The highest BCUT2D eigenvalue weighted by Crippen LogP contribution is 2.68. The van der Waals surface area contributed by atoms with Gasteiger partial charge in [0.25, 0.3) is 0 Å². The molecule has 0 unspecified atom stereocenters. The Hall–Kier alpha value is -1.23. The van der Waals surface area contributed by atoms with E-state index in [2.05, 4.69) is 31.9 Å². The molecule has 3 fully saturated rings. The van der Waals surface area contributed by atoms with Crippen LogP contribution in [0.1, 0.15) is 78.6 Å². The van der Waals surface area contributed by atoms with Gasteiger partial charge in [-0.1, -0.05) is 38.8 Å².